The number of anilines is 1. The van der Waals surface area contributed by atoms with Gasteiger partial charge in [0.1, 0.15) is 17.8 Å². The smallest absolute Gasteiger partial charge is 0.406 e. The van der Waals surface area contributed by atoms with Crippen molar-refractivity contribution in [1.82, 2.24) is 30.7 Å². The summed E-state index contributed by atoms with van der Waals surface area (Å²) < 4.78 is 52.5. The molecule has 3 aromatic rings. The molecular formula is C20H18F3N7O3. The number of oxazole rings is 1. The van der Waals surface area contributed by atoms with Crippen LogP contribution in [-0.2, 0) is 4.79 Å². The Morgan fingerprint density at radius 3 is 2.58 bits per heavy atom. The molecule has 3 atom stereocenters. The average molecular weight is 461 g/mol. The maximum atomic E-state index is 13.9. The maximum Gasteiger partial charge on any atom is 0.406 e. The van der Waals surface area contributed by atoms with Crippen molar-refractivity contribution in [3.05, 3.63) is 47.5 Å². The normalized spacial score (nSPS) is 23.1. The van der Waals surface area contributed by atoms with Crippen LogP contribution in [0.5, 0.6) is 5.88 Å². The van der Waals surface area contributed by atoms with Crippen molar-refractivity contribution in [3.63, 3.8) is 0 Å². The molecule has 10 nitrogen and oxygen atoms in total. The number of hydrazine groups is 1. The largest absolute Gasteiger partial charge is 0.479 e. The van der Waals surface area contributed by atoms with E-state index in [-0.39, 0.29) is 34.5 Å². The predicted molar refractivity (Wildman–Crippen MR) is 109 cm³/mol. The third-order valence-electron chi connectivity index (χ3n) is 5.62. The van der Waals surface area contributed by atoms with Crippen LogP contribution in [0.25, 0.3) is 16.8 Å². The third kappa shape index (κ3) is 3.31. The van der Waals surface area contributed by atoms with E-state index in [0.29, 0.717) is 11.3 Å². The number of nitrogen functional groups attached to an aromatic ring is 1. The van der Waals surface area contributed by atoms with E-state index in [1.54, 1.807) is 37.3 Å². The van der Waals surface area contributed by atoms with Gasteiger partial charge in [0, 0.05) is 5.70 Å². The first-order valence-corrected chi connectivity index (χ1v) is 9.86. The Hall–Kier alpha value is -3.87. The Balaban J connectivity index is 1.59. The highest BCUT2D eigenvalue weighted by Crippen LogP contribution is 2.42. The number of ether oxygens (including phenoxy) is 1. The summed E-state index contributed by atoms with van der Waals surface area (Å²) >= 11 is 0. The van der Waals surface area contributed by atoms with Gasteiger partial charge in [0.2, 0.25) is 17.7 Å². The van der Waals surface area contributed by atoms with Crippen LogP contribution in [0, 0.1) is 0 Å². The number of hydrogen-bond donors (Lipinski definition) is 3. The number of methoxy groups -OCH3 is 1. The molecule has 3 unspecified atom stereocenters. The lowest BCUT2D eigenvalue weighted by atomic mass is 9.89. The lowest BCUT2D eigenvalue weighted by Crippen LogP contribution is -2.54. The molecule has 1 fully saturated rings. The summed E-state index contributed by atoms with van der Waals surface area (Å²) in [5, 5.41) is 3.96. The molecule has 1 saturated heterocycles. The summed E-state index contributed by atoms with van der Waals surface area (Å²) in [6.45, 7) is 1.57. The van der Waals surface area contributed by atoms with Crippen molar-refractivity contribution in [2.45, 2.75) is 31.2 Å². The topological polar surface area (TPSA) is 131 Å². The minimum Gasteiger partial charge on any atom is -0.479 e. The zero-order chi connectivity index (χ0) is 23.5. The summed E-state index contributed by atoms with van der Waals surface area (Å²) in [6, 6.07) is 6.25. The first kappa shape index (κ1) is 21.0. The van der Waals surface area contributed by atoms with Crippen molar-refractivity contribution < 1.29 is 27.1 Å². The van der Waals surface area contributed by atoms with E-state index < -0.39 is 30.2 Å². The monoisotopic (exact) mass is 461 g/mol. The first-order chi connectivity index (χ1) is 15.7. The van der Waals surface area contributed by atoms with E-state index in [1.807, 2.05) is 0 Å². The predicted octanol–water partition coefficient (Wildman–Crippen LogP) is 1.93. The Kier molecular flexibility index (Phi) is 4.67. The molecule has 1 aromatic carbocycles. The number of amides is 1. The van der Waals surface area contributed by atoms with Gasteiger partial charge >= 0.3 is 6.18 Å². The number of nitrogens with zero attached hydrogens (tertiary/aromatic N) is 4. The van der Waals surface area contributed by atoms with Crippen molar-refractivity contribution in [3.8, 4) is 5.88 Å². The summed E-state index contributed by atoms with van der Waals surface area (Å²) in [5.74, 6) is -2.04. The lowest BCUT2D eigenvalue weighted by molar-refractivity contribution is -0.161. The van der Waals surface area contributed by atoms with Gasteiger partial charge in [0.25, 0.3) is 11.6 Å². The fourth-order valence-electron chi connectivity index (χ4n) is 4.21. The van der Waals surface area contributed by atoms with E-state index >= 15 is 0 Å². The van der Waals surface area contributed by atoms with Gasteiger partial charge in [0.05, 0.1) is 13.0 Å². The second-order valence-electron chi connectivity index (χ2n) is 7.61. The molecule has 5 rings (SSSR count). The molecule has 1 amide bonds. The fraction of sp³-hybridized carbons (Fsp3) is 0.300. The molecule has 2 aromatic heterocycles. The molecule has 0 aliphatic carbocycles. The number of fused-ring (bicyclic) bond motifs is 2. The lowest BCUT2D eigenvalue weighted by Gasteiger charge is -2.34. The summed E-state index contributed by atoms with van der Waals surface area (Å²) in [5.41, 5.74) is 8.77. The molecule has 0 saturated carbocycles. The number of carbonyl (C=O) groups is 1. The van der Waals surface area contributed by atoms with Gasteiger partial charge in [-0.15, -0.1) is 0 Å². The molecule has 0 bridgehead atoms. The van der Waals surface area contributed by atoms with Gasteiger partial charge in [-0.2, -0.15) is 23.1 Å². The van der Waals surface area contributed by atoms with Crippen LogP contribution >= 0.6 is 0 Å². The molecule has 172 valence electrons. The number of rotatable bonds is 3. The Morgan fingerprint density at radius 2 is 1.91 bits per heavy atom. The Labute approximate surface area is 184 Å². The number of carbonyl (C=O) groups excluding carboxylic acids is 1. The molecule has 0 spiro atoms. The van der Waals surface area contributed by atoms with E-state index in [9.17, 15) is 18.0 Å². The molecule has 4 heterocycles. The average Bonchev–Trinajstić information content (AvgIpc) is 3.35. The number of nitrogens with two attached hydrogens (primary N) is 1. The van der Waals surface area contributed by atoms with Crippen molar-refractivity contribution >= 4 is 28.7 Å². The van der Waals surface area contributed by atoms with Crippen LogP contribution in [0.4, 0.5) is 19.1 Å². The molecule has 33 heavy (non-hydrogen) atoms. The molecular weight excluding hydrogens is 443 g/mol. The standard InChI is InChI=1S/C20H18F3N7O3/c1-8-10(15-26-12-16(32-2)27-19(24)28-17(12)33-15)18(31)30-14(25-8)11(9-6-4-3-5-7-9)13(29-30)20(21,22)23/h3-7,11,13-14,25,29H,1-2H3,(H2,24,27,28). The molecule has 13 heteroatoms. The number of hydrogen-bond acceptors (Lipinski definition) is 9. The SMILES string of the molecule is COc1nc(N)nc2oc(C3=C(C)NC4C(c5ccccc5)C(C(F)(F)F)NN4C3=O)nc12. The van der Waals surface area contributed by atoms with Crippen molar-refractivity contribution in [2.75, 3.05) is 12.8 Å². The zero-order valence-corrected chi connectivity index (χ0v) is 17.3. The quantitative estimate of drug-likeness (QED) is 0.535. The second kappa shape index (κ2) is 7.33. The fourth-order valence-corrected chi connectivity index (χ4v) is 4.21. The van der Waals surface area contributed by atoms with Crippen LogP contribution in [0.15, 0.2) is 40.4 Å². The first-order valence-electron chi connectivity index (χ1n) is 9.86. The molecule has 2 aliphatic heterocycles. The number of benzene rings is 1. The number of nitrogens with one attached hydrogen (secondary N) is 2. The highest BCUT2D eigenvalue weighted by atomic mass is 19.4. The minimum atomic E-state index is -4.61. The number of allylic oxidation sites excluding steroid dienone is 1. The number of halogens is 3. The highest BCUT2D eigenvalue weighted by Gasteiger charge is 2.58. The van der Waals surface area contributed by atoms with Gasteiger partial charge < -0.3 is 20.2 Å². The third-order valence-corrected chi connectivity index (χ3v) is 5.62. The van der Waals surface area contributed by atoms with Gasteiger partial charge in [-0.25, -0.2) is 15.4 Å². The maximum absolute atomic E-state index is 13.9. The minimum absolute atomic E-state index is 0.0192. The molecule has 0 radical (unpaired) electrons. The van der Waals surface area contributed by atoms with E-state index in [0.717, 1.165) is 5.01 Å². The van der Waals surface area contributed by atoms with Crippen LogP contribution in [0.1, 0.15) is 24.3 Å². The molecule has 4 N–H and O–H groups in total. The van der Waals surface area contributed by atoms with Crippen LogP contribution < -0.4 is 21.2 Å². The van der Waals surface area contributed by atoms with Crippen molar-refractivity contribution in [2.24, 2.45) is 0 Å². The van der Waals surface area contributed by atoms with Crippen LogP contribution in [0.2, 0.25) is 0 Å². The molecule has 2 aliphatic rings. The summed E-state index contributed by atoms with van der Waals surface area (Å²) in [4.78, 5) is 25.5. The Bertz CT molecular complexity index is 1280. The Morgan fingerprint density at radius 1 is 1.18 bits per heavy atom. The van der Waals surface area contributed by atoms with E-state index in [1.165, 1.54) is 7.11 Å². The zero-order valence-electron chi connectivity index (χ0n) is 17.3. The van der Waals surface area contributed by atoms with Gasteiger partial charge in [-0.3, -0.25) is 4.79 Å². The second-order valence-corrected chi connectivity index (χ2v) is 7.61. The van der Waals surface area contributed by atoms with Crippen LogP contribution in [-0.4, -0.2) is 51.4 Å². The number of aromatic nitrogens is 3. The van der Waals surface area contributed by atoms with Crippen molar-refractivity contribution in [1.29, 1.82) is 0 Å². The highest BCUT2D eigenvalue weighted by molar-refractivity contribution is 6.20. The van der Waals surface area contributed by atoms with Gasteiger partial charge in [-0.1, -0.05) is 30.3 Å². The van der Waals surface area contributed by atoms with Gasteiger partial charge in [-0.05, 0) is 12.5 Å². The van der Waals surface area contributed by atoms with E-state index in [4.69, 9.17) is 14.9 Å². The van der Waals surface area contributed by atoms with Gasteiger partial charge in [0.15, 0.2) is 5.52 Å². The van der Waals surface area contributed by atoms with Crippen LogP contribution in [0.3, 0.4) is 0 Å². The number of alkyl halides is 3. The van der Waals surface area contributed by atoms with E-state index in [2.05, 4.69) is 25.7 Å². The summed E-state index contributed by atoms with van der Waals surface area (Å²) in [6.07, 6.45) is -5.59. The summed E-state index contributed by atoms with van der Waals surface area (Å²) in [7, 11) is 1.35.